The van der Waals surface area contributed by atoms with Crippen molar-refractivity contribution in [1.82, 2.24) is 4.90 Å². The molecule has 172 valence electrons. The van der Waals surface area contributed by atoms with Gasteiger partial charge in [0.05, 0.1) is 24.1 Å². The molecule has 1 aliphatic heterocycles. The molecule has 0 bridgehead atoms. The molecule has 34 heavy (non-hydrogen) atoms. The fourth-order valence-corrected chi connectivity index (χ4v) is 4.04. The summed E-state index contributed by atoms with van der Waals surface area (Å²) in [7, 11) is 1.37. The Morgan fingerprint density at radius 1 is 1.00 bits per heavy atom. The number of methoxy groups -OCH3 is 1. The number of nitrogens with zero attached hydrogens (tertiary/aromatic N) is 1. The third kappa shape index (κ3) is 4.99. The average molecular weight is 481 g/mol. The maximum Gasteiger partial charge on any atom is 0.346 e. The number of halogens is 2. The van der Waals surface area contributed by atoms with Gasteiger partial charge in [-0.25, -0.2) is 13.6 Å². The predicted octanol–water partition coefficient (Wildman–Crippen LogP) is 5.43. The molecule has 1 fully saturated rings. The van der Waals surface area contributed by atoms with E-state index in [9.17, 15) is 23.2 Å². The zero-order chi connectivity index (χ0) is 24.2. The molecule has 0 aromatic heterocycles. The Labute approximate surface area is 197 Å². The number of imide groups is 1. The first-order chi connectivity index (χ1) is 16.4. The van der Waals surface area contributed by atoms with E-state index < -0.39 is 28.8 Å². The van der Waals surface area contributed by atoms with E-state index >= 15 is 0 Å². The van der Waals surface area contributed by atoms with Crippen molar-refractivity contribution in [2.75, 3.05) is 7.11 Å². The highest BCUT2D eigenvalue weighted by atomic mass is 32.2. The number of hydrogen-bond donors (Lipinski definition) is 0. The molecular formula is C25H17F2NO5S. The van der Waals surface area contributed by atoms with Gasteiger partial charge < -0.3 is 9.47 Å². The molecule has 1 saturated heterocycles. The first-order valence-corrected chi connectivity index (χ1v) is 10.8. The van der Waals surface area contributed by atoms with E-state index in [-0.39, 0.29) is 28.5 Å². The van der Waals surface area contributed by atoms with Crippen molar-refractivity contribution in [3.8, 4) is 11.5 Å². The summed E-state index contributed by atoms with van der Waals surface area (Å²) in [6, 6.07) is 15.5. The maximum absolute atomic E-state index is 13.8. The standard InChI is InChI=1S/C25H17F2NO5S/c1-32-21-12-16(8-11-20(21)33-24(30)18-4-2-3-5-19(18)27)13-22-23(29)28(25(31)34-22)14-15-6-9-17(26)10-7-15/h2-13H,14H2,1H3/b22-13-. The van der Waals surface area contributed by atoms with Crippen LogP contribution in [0.4, 0.5) is 13.6 Å². The van der Waals surface area contributed by atoms with Gasteiger partial charge in [0, 0.05) is 0 Å². The molecule has 3 aromatic carbocycles. The molecule has 0 saturated carbocycles. The number of esters is 1. The molecule has 0 N–H and O–H groups in total. The smallest absolute Gasteiger partial charge is 0.346 e. The molecule has 0 spiro atoms. The molecule has 1 aliphatic rings. The normalized spacial score (nSPS) is 14.6. The van der Waals surface area contributed by atoms with Crippen molar-refractivity contribution in [1.29, 1.82) is 0 Å². The molecule has 3 aromatic rings. The molecular weight excluding hydrogens is 464 g/mol. The van der Waals surface area contributed by atoms with Crippen LogP contribution in [0.3, 0.4) is 0 Å². The van der Waals surface area contributed by atoms with E-state index in [1.54, 1.807) is 6.07 Å². The summed E-state index contributed by atoms with van der Waals surface area (Å²) in [5, 5.41) is -0.442. The third-order valence-corrected chi connectivity index (χ3v) is 5.82. The van der Waals surface area contributed by atoms with Crippen LogP contribution in [-0.4, -0.2) is 29.1 Å². The minimum Gasteiger partial charge on any atom is -0.493 e. The highest BCUT2D eigenvalue weighted by molar-refractivity contribution is 8.18. The number of carbonyl (C=O) groups is 3. The number of benzene rings is 3. The second-order valence-electron chi connectivity index (χ2n) is 7.17. The van der Waals surface area contributed by atoms with Crippen molar-refractivity contribution in [2.45, 2.75) is 6.54 Å². The van der Waals surface area contributed by atoms with E-state index in [0.717, 1.165) is 22.7 Å². The largest absolute Gasteiger partial charge is 0.493 e. The highest BCUT2D eigenvalue weighted by Gasteiger charge is 2.35. The number of thioether (sulfide) groups is 1. The number of rotatable bonds is 6. The average Bonchev–Trinajstić information content (AvgIpc) is 3.08. The second kappa shape index (κ2) is 9.88. The van der Waals surface area contributed by atoms with Gasteiger partial charge in [0.15, 0.2) is 11.5 Å². The summed E-state index contributed by atoms with van der Waals surface area (Å²) in [5.74, 6) is -2.23. The lowest BCUT2D eigenvalue weighted by Crippen LogP contribution is -2.27. The van der Waals surface area contributed by atoms with Crippen molar-refractivity contribution >= 4 is 35.0 Å². The number of carbonyl (C=O) groups excluding carboxylic acids is 3. The van der Waals surface area contributed by atoms with Gasteiger partial charge in [-0.15, -0.1) is 0 Å². The Morgan fingerprint density at radius 2 is 1.74 bits per heavy atom. The van der Waals surface area contributed by atoms with Crippen LogP contribution in [0.1, 0.15) is 21.5 Å². The molecule has 0 unspecified atom stereocenters. The van der Waals surface area contributed by atoms with Crippen molar-refractivity contribution < 1.29 is 32.6 Å². The topological polar surface area (TPSA) is 72.9 Å². The van der Waals surface area contributed by atoms with Crippen molar-refractivity contribution in [2.24, 2.45) is 0 Å². The SMILES string of the molecule is COc1cc(/C=C2\SC(=O)N(Cc3ccc(F)cc3)C2=O)ccc1OC(=O)c1ccccc1F. The van der Waals surface area contributed by atoms with E-state index in [4.69, 9.17) is 9.47 Å². The maximum atomic E-state index is 13.8. The molecule has 4 rings (SSSR count). The first kappa shape index (κ1) is 23.2. The van der Waals surface area contributed by atoms with Crippen LogP contribution in [0.15, 0.2) is 71.6 Å². The van der Waals surface area contributed by atoms with Crippen LogP contribution in [0, 0.1) is 11.6 Å². The van der Waals surface area contributed by atoms with Gasteiger partial charge in [0.2, 0.25) is 0 Å². The third-order valence-electron chi connectivity index (χ3n) is 4.91. The summed E-state index contributed by atoms with van der Waals surface area (Å²) >= 11 is 0.783. The zero-order valence-electron chi connectivity index (χ0n) is 17.8. The van der Waals surface area contributed by atoms with Gasteiger partial charge in [-0.05, 0) is 65.4 Å². The number of ether oxygens (including phenoxy) is 2. The fraction of sp³-hybridized carbons (Fsp3) is 0.0800. The minimum absolute atomic E-state index is 0.0243. The molecule has 0 atom stereocenters. The number of hydrogen-bond acceptors (Lipinski definition) is 6. The predicted molar refractivity (Wildman–Crippen MR) is 122 cm³/mol. The summed E-state index contributed by atoms with van der Waals surface area (Å²) in [6.07, 6.45) is 1.51. The molecule has 9 heteroatoms. The lowest BCUT2D eigenvalue weighted by molar-refractivity contribution is -0.123. The van der Waals surface area contributed by atoms with Gasteiger partial charge in [0.1, 0.15) is 11.6 Å². The summed E-state index contributed by atoms with van der Waals surface area (Å²) in [4.78, 5) is 38.7. The Balaban J connectivity index is 1.52. The van der Waals surface area contributed by atoms with Crippen molar-refractivity contribution in [3.63, 3.8) is 0 Å². The van der Waals surface area contributed by atoms with Crippen LogP contribution in [0.5, 0.6) is 11.5 Å². The van der Waals surface area contributed by atoms with Crippen LogP contribution in [0.25, 0.3) is 6.08 Å². The summed E-state index contributed by atoms with van der Waals surface area (Å²) in [5.41, 5.74) is 0.922. The first-order valence-electron chi connectivity index (χ1n) is 10.0. The lowest BCUT2D eigenvalue weighted by atomic mass is 10.1. The Bertz CT molecular complexity index is 1310. The van der Waals surface area contributed by atoms with E-state index in [1.807, 2.05) is 0 Å². The van der Waals surface area contributed by atoms with E-state index in [2.05, 4.69) is 0 Å². The van der Waals surface area contributed by atoms with Crippen LogP contribution >= 0.6 is 11.8 Å². The highest BCUT2D eigenvalue weighted by Crippen LogP contribution is 2.35. The molecule has 2 amide bonds. The van der Waals surface area contributed by atoms with Gasteiger partial charge in [-0.1, -0.05) is 30.3 Å². The monoisotopic (exact) mass is 481 g/mol. The molecule has 6 nitrogen and oxygen atoms in total. The van der Waals surface area contributed by atoms with Crippen LogP contribution in [-0.2, 0) is 11.3 Å². The van der Waals surface area contributed by atoms with Gasteiger partial charge >= 0.3 is 5.97 Å². The Hall–Kier alpha value is -3.98. The Morgan fingerprint density at radius 3 is 2.44 bits per heavy atom. The second-order valence-corrected chi connectivity index (χ2v) is 8.17. The van der Waals surface area contributed by atoms with Crippen LogP contribution < -0.4 is 9.47 Å². The quantitative estimate of drug-likeness (QED) is 0.266. The Kier molecular flexibility index (Phi) is 6.74. The van der Waals surface area contributed by atoms with Gasteiger partial charge in [-0.3, -0.25) is 14.5 Å². The van der Waals surface area contributed by atoms with Gasteiger partial charge in [0.25, 0.3) is 11.1 Å². The summed E-state index contributed by atoms with van der Waals surface area (Å²) < 4.78 is 37.5. The zero-order valence-corrected chi connectivity index (χ0v) is 18.6. The van der Waals surface area contributed by atoms with Crippen LogP contribution in [0.2, 0.25) is 0 Å². The minimum atomic E-state index is -0.883. The van der Waals surface area contributed by atoms with E-state index in [0.29, 0.717) is 11.1 Å². The fourth-order valence-electron chi connectivity index (χ4n) is 3.20. The lowest BCUT2D eigenvalue weighted by Gasteiger charge is -2.12. The number of amides is 2. The molecule has 0 radical (unpaired) electrons. The van der Waals surface area contributed by atoms with Gasteiger partial charge in [-0.2, -0.15) is 0 Å². The summed E-state index contributed by atoms with van der Waals surface area (Å²) in [6.45, 7) is 0.0243. The molecule has 0 aliphatic carbocycles. The molecule has 1 heterocycles. The van der Waals surface area contributed by atoms with Crippen molar-refractivity contribution in [3.05, 3.63) is 100.0 Å². The van der Waals surface area contributed by atoms with E-state index in [1.165, 1.54) is 67.8 Å².